The van der Waals surface area contributed by atoms with Gasteiger partial charge in [-0.15, -0.1) is 0 Å². The highest BCUT2D eigenvalue weighted by Crippen LogP contribution is 2.50. The average Bonchev–Trinajstić information content (AvgIpc) is 2.98. The molecule has 0 bridgehead atoms. The van der Waals surface area contributed by atoms with Crippen LogP contribution < -0.4 is 0 Å². The van der Waals surface area contributed by atoms with E-state index in [-0.39, 0.29) is 22.0 Å². The van der Waals surface area contributed by atoms with E-state index >= 15 is 0 Å². The van der Waals surface area contributed by atoms with Crippen molar-refractivity contribution < 1.29 is 13.2 Å². The first-order valence-electron chi connectivity index (χ1n) is 8.21. The molecule has 28 heavy (non-hydrogen) atoms. The minimum absolute atomic E-state index is 0.0310. The molecular weight excluding hydrogens is 544 g/mol. The van der Waals surface area contributed by atoms with Gasteiger partial charge in [0.05, 0.1) is 5.71 Å². The van der Waals surface area contributed by atoms with Crippen molar-refractivity contribution in [1.29, 1.82) is 0 Å². The Morgan fingerprint density at radius 1 is 1.04 bits per heavy atom. The predicted octanol–water partition coefficient (Wildman–Crippen LogP) is 7.28. The normalized spacial score (nSPS) is 19.9. The summed E-state index contributed by atoms with van der Waals surface area (Å²) in [6, 6.07) is 9.57. The number of alkyl halides is 5. The van der Waals surface area contributed by atoms with E-state index in [0.29, 0.717) is 21.9 Å². The van der Waals surface area contributed by atoms with Crippen LogP contribution in [0.3, 0.4) is 0 Å². The molecule has 1 aliphatic rings. The van der Waals surface area contributed by atoms with Crippen LogP contribution in [0.25, 0.3) is 0 Å². The summed E-state index contributed by atoms with van der Waals surface area (Å²) in [6.07, 6.45) is -4.92. The van der Waals surface area contributed by atoms with E-state index in [2.05, 4.69) is 37.0 Å². The molecule has 0 radical (unpaired) electrons. The zero-order valence-corrected chi connectivity index (χ0v) is 19.3. The third-order valence-corrected chi connectivity index (χ3v) is 6.53. The van der Waals surface area contributed by atoms with Gasteiger partial charge in [0, 0.05) is 34.2 Å². The second-order valence-corrected chi connectivity index (χ2v) is 8.51. The van der Waals surface area contributed by atoms with Gasteiger partial charge in [0.15, 0.2) is 5.54 Å². The van der Waals surface area contributed by atoms with E-state index in [1.807, 2.05) is 12.1 Å². The van der Waals surface area contributed by atoms with E-state index < -0.39 is 11.7 Å². The molecule has 0 fully saturated rings. The zero-order valence-electron chi connectivity index (χ0n) is 14.6. The van der Waals surface area contributed by atoms with Crippen LogP contribution >= 0.6 is 55.1 Å². The van der Waals surface area contributed by atoms with Crippen LogP contribution in [0.5, 0.6) is 0 Å². The number of rotatable bonds is 4. The van der Waals surface area contributed by atoms with Crippen molar-refractivity contribution in [2.75, 3.05) is 7.05 Å². The van der Waals surface area contributed by atoms with Gasteiger partial charge in [0.25, 0.3) is 0 Å². The molecule has 0 aromatic heterocycles. The lowest BCUT2D eigenvalue weighted by Gasteiger charge is -2.37. The van der Waals surface area contributed by atoms with Crippen LogP contribution in [-0.4, -0.2) is 23.9 Å². The van der Waals surface area contributed by atoms with Gasteiger partial charge in [-0.1, -0.05) is 67.2 Å². The number of hydrogen-bond donors (Lipinski definition) is 0. The molecule has 3 rings (SSSR count). The van der Waals surface area contributed by atoms with Crippen molar-refractivity contribution in [3.05, 3.63) is 68.7 Å². The summed E-state index contributed by atoms with van der Waals surface area (Å²) in [6.45, 7) is 0. The summed E-state index contributed by atoms with van der Waals surface area (Å²) in [5.74, 6) is 0. The summed E-state index contributed by atoms with van der Waals surface area (Å²) in [4.78, 5) is 0. The van der Waals surface area contributed by atoms with E-state index in [1.165, 1.54) is 25.2 Å². The molecule has 2 aromatic carbocycles. The first-order chi connectivity index (χ1) is 13.1. The smallest absolute Gasteiger partial charge is 0.280 e. The fourth-order valence-corrected chi connectivity index (χ4v) is 5.00. The van der Waals surface area contributed by atoms with Crippen LogP contribution in [0.1, 0.15) is 28.7 Å². The number of nitrogens with zero attached hydrogens (tertiary/aromatic N) is 2. The molecular formula is C19H15Br2Cl2F3N2. The topological polar surface area (TPSA) is 15.6 Å². The Balaban J connectivity index is 2.10. The lowest BCUT2D eigenvalue weighted by molar-refractivity contribution is -0.227. The van der Waals surface area contributed by atoms with Gasteiger partial charge in [0.2, 0.25) is 0 Å². The lowest BCUT2D eigenvalue weighted by Crippen LogP contribution is -2.50. The molecule has 9 heteroatoms. The fourth-order valence-electron chi connectivity index (χ4n) is 3.41. The molecule has 0 amide bonds. The van der Waals surface area contributed by atoms with Crippen molar-refractivity contribution in [3.8, 4) is 0 Å². The summed E-state index contributed by atoms with van der Waals surface area (Å²) in [5, 5.41) is 6.79. The summed E-state index contributed by atoms with van der Waals surface area (Å²) < 4.78 is 43.1. The van der Waals surface area contributed by atoms with Crippen molar-refractivity contribution in [2.45, 2.75) is 28.8 Å². The number of hydrazone groups is 1. The van der Waals surface area contributed by atoms with Crippen LogP contribution in [-0.2, 0) is 16.2 Å². The SMILES string of the molecule is CN1N=C(c2ccc(CBr)c(CBr)c2)CC1(c1cc(Cl)cc(Cl)c1)C(F)(F)F. The first kappa shape index (κ1) is 21.9. The standard InChI is InChI=1S/C19H15Br2Cl2F3N2/c1-28-18(19(24,25)26,14-5-15(22)7-16(23)6-14)8-17(27-28)11-2-3-12(9-20)13(4-11)10-21/h2-7H,8-10H2,1H3. The highest BCUT2D eigenvalue weighted by atomic mass is 79.9. The molecule has 150 valence electrons. The molecule has 0 saturated heterocycles. The van der Waals surface area contributed by atoms with Crippen molar-refractivity contribution >= 4 is 60.8 Å². The Morgan fingerprint density at radius 2 is 1.64 bits per heavy atom. The molecule has 1 unspecified atom stereocenters. The maximum Gasteiger partial charge on any atom is 0.417 e. The Bertz CT molecular complexity index is 914. The summed E-state index contributed by atoms with van der Waals surface area (Å²) in [7, 11) is 1.33. The van der Waals surface area contributed by atoms with Gasteiger partial charge in [-0.05, 0) is 46.5 Å². The molecule has 1 aliphatic heterocycles. The minimum atomic E-state index is -4.59. The van der Waals surface area contributed by atoms with Crippen molar-refractivity contribution in [3.63, 3.8) is 0 Å². The Kier molecular flexibility index (Phi) is 6.40. The molecule has 0 saturated carbocycles. The molecule has 2 nitrogen and oxygen atoms in total. The summed E-state index contributed by atoms with van der Waals surface area (Å²) >= 11 is 18.8. The number of halogens is 7. The Hall–Kier alpha value is -0.760. The molecule has 0 aliphatic carbocycles. The van der Waals surface area contributed by atoms with Gasteiger partial charge in [-0.2, -0.15) is 18.3 Å². The maximum atomic E-state index is 14.4. The van der Waals surface area contributed by atoms with E-state index in [9.17, 15) is 13.2 Å². The second-order valence-electron chi connectivity index (χ2n) is 6.51. The summed E-state index contributed by atoms with van der Waals surface area (Å²) in [5.41, 5.74) is 0.715. The molecule has 2 aromatic rings. The van der Waals surface area contributed by atoms with Crippen molar-refractivity contribution in [2.24, 2.45) is 5.10 Å². The van der Waals surface area contributed by atoms with E-state index in [1.54, 1.807) is 6.07 Å². The lowest BCUT2D eigenvalue weighted by atomic mass is 9.83. The van der Waals surface area contributed by atoms with Gasteiger partial charge in [0.1, 0.15) is 0 Å². The van der Waals surface area contributed by atoms with E-state index in [4.69, 9.17) is 23.2 Å². The zero-order chi connectivity index (χ0) is 20.7. The highest BCUT2D eigenvalue weighted by Gasteiger charge is 2.62. The Labute approximate surface area is 188 Å². The number of hydrogen-bond acceptors (Lipinski definition) is 2. The van der Waals surface area contributed by atoms with Crippen LogP contribution in [0.15, 0.2) is 41.5 Å². The second kappa shape index (κ2) is 8.17. The van der Waals surface area contributed by atoms with Gasteiger partial charge in [-0.25, -0.2) is 0 Å². The third kappa shape index (κ3) is 3.83. The van der Waals surface area contributed by atoms with Gasteiger partial charge >= 0.3 is 6.18 Å². The van der Waals surface area contributed by atoms with Gasteiger partial charge in [-0.3, -0.25) is 5.01 Å². The minimum Gasteiger partial charge on any atom is -0.280 e. The molecule has 1 atom stereocenters. The first-order valence-corrected chi connectivity index (χ1v) is 11.2. The van der Waals surface area contributed by atoms with E-state index in [0.717, 1.165) is 16.1 Å². The van der Waals surface area contributed by atoms with Crippen LogP contribution in [0.4, 0.5) is 13.2 Å². The Morgan fingerprint density at radius 3 is 2.18 bits per heavy atom. The van der Waals surface area contributed by atoms with Gasteiger partial charge < -0.3 is 0 Å². The largest absolute Gasteiger partial charge is 0.417 e. The quantitative estimate of drug-likeness (QED) is 0.360. The predicted molar refractivity (Wildman–Crippen MR) is 115 cm³/mol. The molecule has 0 spiro atoms. The average molecular weight is 559 g/mol. The number of benzene rings is 2. The third-order valence-electron chi connectivity index (χ3n) is 4.88. The highest BCUT2D eigenvalue weighted by molar-refractivity contribution is 9.09. The molecule has 1 heterocycles. The van der Waals surface area contributed by atoms with Crippen LogP contribution in [0.2, 0.25) is 10.0 Å². The van der Waals surface area contributed by atoms with Crippen LogP contribution in [0, 0.1) is 0 Å². The maximum absolute atomic E-state index is 14.4. The van der Waals surface area contributed by atoms with Crippen molar-refractivity contribution in [1.82, 2.24) is 5.01 Å². The molecule has 0 N–H and O–H groups in total. The fraction of sp³-hybridized carbons (Fsp3) is 0.316. The monoisotopic (exact) mass is 556 g/mol.